The maximum Gasteiger partial charge on any atom is 0.376 e. The Kier molecular flexibility index (Phi) is 7.26. The average Bonchev–Trinajstić information content (AvgIpc) is 2.83. The molecule has 0 aliphatic carbocycles. The lowest BCUT2D eigenvalue weighted by atomic mass is 10.0. The quantitative estimate of drug-likeness (QED) is 0.317. The summed E-state index contributed by atoms with van der Waals surface area (Å²) in [5, 5.41) is 12.4. The molecule has 0 aromatic carbocycles. The first kappa shape index (κ1) is 24.5. The van der Waals surface area contributed by atoms with E-state index in [4.69, 9.17) is 14.2 Å². The first-order valence-electron chi connectivity index (χ1n) is 11.4. The van der Waals surface area contributed by atoms with Crippen molar-refractivity contribution in [1.29, 1.82) is 0 Å². The van der Waals surface area contributed by atoms with Gasteiger partial charge in [-0.25, -0.2) is 29.5 Å². The number of aliphatic hydroxyl groups is 1. The van der Waals surface area contributed by atoms with Crippen LogP contribution in [0.4, 0.5) is 22.1 Å². The lowest BCUT2D eigenvalue weighted by Crippen LogP contribution is -2.56. The number of hydrogen-bond donors (Lipinski definition) is 2. The smallest absolute Gasteiger partial charge is 0.376 e. The Hall–Kier alpha value is -3.58. The lowest BCUT2D eigenvalue weighted by molar-refractivity contribution is -0.176. The van der Waals surface area contributed by atoms with Crippen LogP contribution in [0.3, 0.4) is 0 Å². The second-order valence-electron chi connectivity index (χ2n) is 8.67. The third-order valence-electron chi connectivity index (χ3n) is 5.54. The average molecular weight is 488 g/mol. The molecule has 1 unspecified atom stereocenters. The van der Waals surface area contributed by atoms with Gasteiger partial charge in [0.05, 0.1) is 38.2 Å². The molecule has 2 aromatic heterocycles. The SMILES string of the molecule is COC(=O)c1ncc2c(n1)N(C(=O)Nc1cc(OCCCOC(C)(C)O)ncn1)C1CCCN2C1. The highest BCUT2D eigenvalue weighted by Gasteiger charge is 2.39. The fourth-order valence-electron chi connectivity index (χ4n) is 3.99. The molecule has 1 fully saturated rings. The van der Waals surface area contributed by atoms with Gasteiger partial charge in [-0.3, -0.25) is 10.2 Å². The minimum atomic E-state index is -1.20. The van der Waals surface area contributed by atoms with Crippen molar-refractivity contribution in [3.63, 3.8) is 0 Å². The van der Waals surface area contributed by atoms with E-state index in [-0.39, 0.29) is 23.6 Å². The summed E-state index contributed by atoms with van der Waals surface area (Å²) >= 11 is 0. The van der Waals surface area contributed by atoms with Crippen molar-refractivity contribution >= 4 is 29.3 Å². The van der Waals surface area contributed by atoms with Crippen molar-refractivity contribution in [2.24, 2.45) is 0 Å². The summed E-state index contributed by atoms with van der Waals surface area (Å²) in [7, 11) is 1.25. The Morgan fingerprint density at radius 1 is 1.26 bits per heavy atom. The van der Waals surface area contributed by atoms with Crippen LogP contribution in [0.15, 0.2) is 18.6 Å². The van der Waals surface area contributed by atoms with Gasteiger partial charge in [0.25, 0.3) is 0 Å². The number of methoxy groups -OCH3 is 1. The van der Waals surface area contributed by atoms with Gasteiger partial charge in [-0.1, -0.05) is 0 Å². The minimum Gasteiger partial charge on any atom is -0.477 e. The predicted octanol–water partition coefficient (Wildman–Crippen LogP) is 1.59. The summed E-state index contributed by atoms with van der Waals surface area (Å²) in [6.45, 7) is 5.22. The number of fused-ring (bicyclic) bond motifs is 4. The number of hydrogen-bond acceptors (Lipinski definition) is 11. The zero-order valence-electron chi connectivity index (χ0n) is 19.9. The normalized spacial score (nSPS) is 17.0. The molecule has 4 heterocycles. The van der Waals surface area contributed by atoms with Gasteiger partial charge in [-0.2, -0.15) is 0 Å². The molecule has 13 heteroatoms. The molecule has 13 nitrogen and oxygen atoms in total. The number of rotatable bonds is 8. The zero-order valence-corrected chi connectivity index (χ0v) is 19.9. The maximum absolute atomic E-state index is 13.4. The maximum atomic E-state index is 13.4. The van der Waals surface area contributed by atoms with Gasteiger partial charge in [-0.05, 0) is 26.7 Å². The molecule has 2 aromatic rings. The van der Waals surface area contributed by atoms with E-state index in [1.165, 1.54) is 19.5 Å². The topological polar surface area (TPSA) is 152 Å². The summed E-state index contributed by atoms with van der Waals surface area (Å²) < 4.78 is 15.6. The molecule has 35 heavy (non-hydrogen) atoms. The molecule has 188 valence electrons. The summed E-state index contributed by atoms with van der Waals surface area (Å²) in [5.74, 6) is -1.09. The van der Waals surface area contributed by atoms with Crippen molar-refractivity contribution in [1.82, 2.24) is 19.9 Å². The summed E-state index contributed by atoms with van der Waals surface area (Å²) in [6, 6.07) is 0.965. The van der Waals surface area contributed by atoms with Crippen LogP contribution in [0.2, 0.25) is 0 Å². The third kappa shape index (κ3) is 5.92. The van der Waals surface area contributed by atoms with Gasteiger partial charge in [0.15, 0.2) is 11.6 Å². The van der Waals surface area contributed by atoms with Crippen LogP contribution in [0.25, 0.3) is 0 Å². The highest BCUT2D eigenvalue weighted by molar-refractivity contribution is 6.04. The van der Waals surface area contributed by atoms with E-state index < -0.39 is 17.8 Å². The van der Waals surface area contributed by atoms with E-state index in [0.29, 0.717) is 37.7 Å². The Morgan fingerprint density at radius 2 is 2.09 bits per heavy atom. The fourth-order valence-corrected chi connectivity index (χ4v) is 3.99. The number of anilines is 3. The molecule has 2 aliphatic heterocycles. The number of carbonyl (C=O) groups is 2. The molecule has 2 N–H and O–H groups in total. The molecule has 2 aliphatic rings. The summed E-state index contributed by atoms with van der Waals surface area (Å²) in [6.07, 6.45) is 5.10. The van der Waals surface area contributed by atoms with E-state index in [1.807, 2.05) is 0 Å². The monoisotopic (exact) mass is 487 g/mol. The summed E-state index contributed by atoms with van der Waals surface area (Å²) in [4.78, 5) is 45.7. The predicted molar refractivity (Wildman–Crippen MR) is 124 cm³/mol. The highest BCUT2D eigenvalue weighted by atomic mass is 16.6. The number of ether oxygens (including phenoxy) is 3. The Morgan fingerprint density at radius 3 is 2.86 bits per heavy atom. The molecule has 0 saturated carbocycles. The van der Waals surface area contributed by atoms with Crippen LogP contribution < -0.4 is 19.9 Å². The molecule has 2 amide bonds. The number of carbonyl (C=O) groups excluding carboxylic acids is 2. The van der Waals surface area contributed by atoms with Crippen molar-refractivity contribution in [3.8, 4) is 5.88 Å². The summed E-state index contributed by atoms with van der Waals surface area (Å²) in [5.41, 5.74) is 0.684. The van der Waals surface area contributed by atoms with Crippen LogP contribution >= 0.6 is 0 Å². The second-order valence-corrected chi connectivity index (χ2v) is 8.67. The molecule has 2 bridgehead atoms. The number of aromatic nitrogens is 4. The standard InChI is InChI=1S/C22H29N7O6/c1-22(2,32)35-9-5-8-34-17-10-16(24-13-25-17)26-21(31)29-14-6-4-7-28(12-14)15-11-23-18(20(30)33-3)27-19(15)29/h10-11,13-14,32H,4-9,12H2,1-3H3,(H,24,25,26,31). The van der Waals surface area contributed by atoms with Gasteiger partial charge in [0, 0.05) is 25.6 Å². The van der Waals surface area contributed by atoms with Crippen molar-refractivity contribution in [3.05, 3.63) is 24.4 Å². The molecule has 0 spiro atoms. The number of esters is 1. The van der Waals surface area contributed by atoms with E-state index in [9.17, 15) is 14.7 Å². The van der Waals surface area contributed by atoms with Crippen LogP contribution in [0, 0.1) is 0 Å². The molecule has 1 saturated heterocycles. The van der Waals surface area contributed by atoms with Gasteiger partial charge < -0.3 is 24.2 Å². The Balaban J connectivity index is 1.46. The van der Waals surface area contributed by atoms with Crippen molar-refractivity contribution < 1.29 is 28.9 Å². The third-order valence-corrected chi connectivity index (χ3v) is 5.54. The number of piperidine rings is 1. The number of nitrogens with zero attached hydrogens (tertiary/aromatic N) is 6. The molecule has 0 radical (unpaired) electrons. The van der Waals surface area contributed by atoms with Crippen molar-refractivity contribution in [2.75, 3.05) is 48.5 Å². The fraction of sp³-hybridized carbons (Fsp3) is 0.545. The first-order valence-corrected chi connectivity index (χ1v) is 11.4. The van der Waals surface area contributed by atoms with E-state index in [2.05, 4.69) is 30.2 Å². The van der Waals surface area contributed by atoms with Gasteiger partial charge in [0.2, 0.25) is 11.7 Å². The van der Waals surface area contributed by atoms with Crippen LogP contribution in [-0.4, -0.2) is 82.3 Å². The van der Waals surface area contributed by atoms with Crippen LogP contribution in [0.1, 0.15) is 43.7 Å². The zero-order chi connectivity index (χ0) is 25.0. The van der Waals surface area contributed by atoms with E-state index in [1.54, 1.807) is 24.9 Å². The van der Waals surface area contributed by atoms with Crippen molar-refractivity contribution in [2.45, 2.75) is 44.9 Å². The lowest BCUT2D eigenvalue weighted by Gasteiger charge is -2.45. The minimum absolute atomic E-state index is 0.114. The number of amides is 2. The van der Waals surface area contributed by atoms with E-state index in [0.717, 1.165) is 19.4 Å². The molecule has 1 atom stereocenters. The Labute approximate surface area is 202 Å². The van der Waals surface area contributed by atoms with Gasteiger partial charge >= 0.3 is 12.0 Å². The van der Waals surface area contributed by atoms with Crippen LogP contribution in [0.5, 0.6) is 5.88 Å². The molecular weight excluding hydrogens is 458 g/mol. The van der Waals surface area contributed by atoms with E-state index >= 15 is 0 Å². The number of nitrogens with one attached hydrogen (secondary N) is 1. The largest absolute Gasteiger partial charge is 0.477 e. The van der Waals surface area contributed by atoms with Gasteiger partial charge in [-0.15, -0.1) is 0 Å². The Bertz CT molecular complexity index is 1080. The number of urea groups is 1. The highest BCUT2D eigenvalue weighted by Crippen LogP contribution is 2.37. The molecular formula is C22H29N7O6. The van der Waals surface area contributed by atoms with Crippen LogP contribution in [-0.2, 0) is 9.47 Å². The second kappa shape index (κ2) is 10.4. The van der Waals surface area contributed by atoms with Gasteiger partial charge in [0.1, 0.15) is 12.1 Å². The molecule has 4 rings (SSSR count). The first-order chi connectivity index (χ1) is 16.7.